The summed E-state index contributed by atoms with van der Waals surface area (Å²) in [5.74, 6) is 0.257. The molecule has 1 N–H and O–H groups in total. The van der Waals surface area contributed by atoms with Crippen molar-refractivity contribution in [2.24, 2.45) is 0 Å². The van der Waals surface area contributed by atoms with Crippen LogP contribution in [0.5, 0.6) is 0 Å². The maximum Gasteiger partial charge on any atom is 0.261 e. The molecule has 0 fully saturated rings. The number of aromatic nitrogens is 2. The first-order valence-electron chi connectivity index (χ1n) is 5.32. The molecule has 0 amide bonds. The average Bonchev–Trinajstić information content (AvgIpc) is 2.27. The summed E-state index contributed by atoms with van der Waals surface area (Å²) in [7, 11) is 0. The molecule has 3 nitrogen and oxygen atoms in total. The van der Waals surface area contributed by atoms with E-state index in [4.69, 9.17) is 0 Å². The Kier molecular flexibility index (Phi) is 2.73. The third-order valence-corrected chi connectivity index (χ3v) is 2.78. The summed E-state index contributed by atoms with van der Waals surface area (Å²) >= 11 is 0. The molecule has 0 spiro atoms. The second kappa shape index (κ2) is 4.04. The number of halogens is 1. The largest absolute Gasteiger partial charge is 0.310 e. The minimum atomic E-state index is -0.526. The van der Waals surface area contributed by atoms with Gasteiger partial charge in [-0.2, -0.15) is 0 Å². The van der Waals surface area contributed by atoms with E-state index >= 15 is 0 Å². The van der Waals surface area contributed by atoms with Crippen LogP contribution >= 0.6 is 0 Å². The quantitative estimate of drug-likeness (QED) is 0.845. The number of H-pyrrole nitrogens is 1. The lowest BCUT2D eigenvalue weighted by molar-refractivity contribution is 0.635. The van der Waals surface area contributed by atoms with Gasteiger partial charge in [-0.05, 0) is 18.6 Å². The number of benzene rings is 1. The Morgan fingerprint density at radius 3 is 2.94 bits per heavy atom. The van der Waals surface area contributed by atoms with Gasteiger partial charge >= 0.3 is 0 Å². The molecule has 0 aliphatic heterocycles. The number of aromatic amines is 1. The Bertz CT molecular complexity index is 577. The van der Waals surface area contributed by atoms with Gasteiger partial charge in [-0.15, -0.1) is 0 Å². The highest BCUT2D eigenvalue weighted by molar-refractivity contribution is 5.77. The second-order valence-corrected chi connectivity index (χ2v) is 3.89. The van der Waals surface area contributed by atoms with Crippen LogP contribution in [0.2, 0.25) is 0 Å². The van der Waals surface area contributed by atoms with Crippen molar-refractivity contribution in [2.75, 3.05) is 0 Å². The van der Waals surface area contributed by atoms with Gasteiger partial charge in [0.2, 0.25) is 0 Å². The van der Waals surface area contributed by atoms with E-state index in [0.29, 0.717) is 11.3 Å². The first kappa shape index (κ1) is 10.8. The number of nitrogens with zero attached hydrogens (tertiary/aromatic N) is 1. The number of rotatable bonds is 2. The number of hydrogen-bond acceptors (Lipinski definition) is 2. The van der Waals surface area contributed by atoms with Crippen LogP contribution in [0.25, 0.3) is 10.9 Å². The third-order valence-electron chi connectivity index (χ3n) is 2.78. The van der Waals surface area contributed by atoms with E-state index in [0.717, 1.165) is 6.42 Å². The van der Waals surface area contributed by atoms with Gasteiger partial charge in [0.1, 0.15) is 17.0 Å². The van der Waals surface area contributed by atoms with Gasteiger partial charge in [0.05, 0.1) is 5.52 Å². The SMILES string of the molecule is CC[C@H](C)c1nc2cccc(F)c2c(=O)[nH]1. The predicted octanol–water partition coefficient (Wildman–Crippen LogP) is 2.58. The minimum absolute atomic E-state index is 0.0366. The lowest BCUT2D eigenvalue weighted by Crippen LogP contribution is -2.14. The molecular formula is C12H13FN2O. The van der Waals surface area contributed by atoms with E-state index in [9.17, 15) is 9.18 Å². The van der Waals surface area contributed by atoms with Gasteiger partial charge in [-0.1, -0.05) is 19.9 Å². The first-order chi connectivity index (χ1) is 7.63. The van der Waals surface area contributed by atoms with Crippen LogP contribution in [0.4, 0.5) is 4.39 Å². The van der Waals surface area contributed by atoms with E-state index in [1.165, 1.54) is 6.07 Å². The average molecular weight is 220 g/mol. The molecule has 1 aromatic heterocycles. The Hall–Kier alpha value is -1.71. The van der Waals surface area contributed by atoms with Crippen LogP contribution in [0.15, 0.2) is 23.0 Å². The maximum absolute atomic E-state index is 13.4. The number of fused-ring (bicyclic) bond motifs is 1. The highest BCUT2D eigenvalue weighted by Gasteiger charge is 2.11. The second-order valence-electron chi connectivity index (χ2n) is 3.89. The molecule has 4 heteroatoms. The lowest BCUT2D eigenvalue weighted by atomic mass is 10.1. The zero-order chi connectivity index (χ0) is 11.7. The van der Waals surface area contributed by atoms with Crippen molar-refractivity contribution in [2.45, 2.75) is 26.2 Å². The molecule has 0 unspecified atom stereocenters. The molecule has 2 rings (SSSR count). The lowest BCUT2D eigenvalue weighted by Gasteiger charge is -2.08. The monoisotopic (exact) mass is 220 g/mol. The summed E-state index contributed by atoms with van der Waals surface area (Å²) in [4.78, 5) is 18.6. The smallest absolute Gasteiger partial charge is 0.261 e. The van der Waals surface area contributed by atoms with Crippen molar-refractivity contribution in [3.63, 3.8) is 0 Å². The highest BCUT2D eigenvalue weighted by atomic mass is 19.1. The fourth-order valence-electron chi connectivity index (χ4n) is 1.59. The maximum atomic E-state index is 13.4. The zero-order valence-electron chi connectivity index (χ0n) is 9.25. The van der Waals surface area contributed by atoms with Crippen molar-refractivity contribution in [3.05, 3.63) is 40.2 Å². The molecule has 0 aliphatic carbocycles. The van der Waals surface area contributed by atoms with Crippen molar-refractivity contribution < 1.29 is 4.39 Å². The number of hydrogen-bond donors (Lipinski definition) is 1. The fourth-order valence-corrected chi connectivity index (χ4v) is 1.59. The molecule has 0 aliphatic rings. The summed E-state index contributed by atoms with van der Waals surface area (Å²) in [6.07, 6.45) is 0.879. The molecular weight excluding hydrogens is 207 g/mol. The van der Waals surface area contributed by atoms with Crippen molar-refractivity contribution in [1.82, 2.24) is 9.97 Å². The van der Waals surface area contributed by atoms with E-state index < -0.39 is 11.4 Å². The predicted molar refractivity (Wildman–Crippen MR) is 61.0 cm³/mol. The Labute approximate surface area is 92.3 Å². The topological polar surface area (TPSA) is 45.8 Å². The summed E-state index contributed by atoms with van der Waals surface area (Å²) in [6.45, 7) is 3.99. The van der Waals surface area contributed by atoms with Gasteiger partial charge in [0.15, 0.2) is 0 Å². The van der Waals surface area contributed by atoms with Crippen molar-refractivity contribution >= 4 is 10.9 Å². The third kappa shape index (κ3) is 1.71. The van der Waals surface area contributed by atoms with Crippen molar-refractivity contribution in [1.29, 1.82) is 0 Å². The Balaban J connectivity index is 2.74. The van der Waals surface area contributed by atoms with Crippen LogP contribution < -0.4 is 5.56 Å². The molecule has 16 heavy (non-hydrogen) atoms. The van der Waals surface area contributed by atoms with E-state index in [2.05, 4.69) is 9.97 Å². The van der Waals surface area contributed by atoms with Crippen LogP contribution in [-0.4, -0.2) is 9.97 Å². The van der Waals surface area contributed by atoms with Gasteiger partial charge in [-0.25, -0.2) is 9.37 Å². The summed E-state index contributed by atoms with van der Waals surface area (Å²) in [5, 5.41) is 0.0366. The van der Waals surface area contributed by atoms with Gasteiger partial charge in [0, 0.05) is 5.92 Å². The Morgan fingerprint density at radius 1 is 1.50 bits per heavy atom. The molecule has 0 radical (unpaired) electrons. The van der Waals surface area contributed by atoms with Crippen molar-refractivity contribution in [3.8, 4) is 0 Å². The summed E-state index contributed by atoms with van der Waals surface area (Å²) < 4.78 is 13.4. The molecule has 0 bridgehead atoms. The first-order valence-corrected chi connectivity index (χ1v) is 5.32. The minimum Gasteiger partial charge on any atom is -0.310 e. The van der Waals surface area contributed by atoms with E-state index in [-0.39, 0.29) is 11.3 Å². The molecule has 1 aromatic carbocycles. The van der Waals surface area contributed by atoms with E-state index in [1.807, 2.05) is 13.8 Å². The standard InChI is InChI=1S/C12H13FN2O/c1-3-7(2)11-14-9-6-4-5-8(13)10(9)12(16)15-11/h4-7H,3H2,1-2H3,(H,14,15,16)/t7-/m0/s1. The molecule has 84 valence electrons. The highest BCUT2D eigenvalue weighted by Crippen LogP contribution is 2.16. The Morgan fingerprint density at radius 2 is 2.25 bits per heavy atom. The molecule has 0 saturated heterocycles. The molecule has 1 atom stereocenters. The van der Waals surface area contributed by atoms with Crippen LogP contribution in [0, 0.1) is 5.82 Å². The number of nitrogens with one attached hydrogen (secondary N) is 1. The molecule has 2 aromatic rings. The zero-order valence-corrected chi connectivity index (χ0v) is 9.25. The van der Waals surface area contributed by atoms with E-state index in [1.54, 1.807) is 12.1 Å². The molecule has 0 saturated carbocycles. The molecule has 1 heterocycles. The van der Waals surface area contributed by atoms with Crippen LogP contribution in [0.3, 0.4) is 0 Å². The van der Waals surface area contributed by atoms with Gasteiger partial charge < -0.3 is 4.98 Å². The normalized spacial score (nSPS) is 12.9. The van der Waals surface area contributed by atoms with Crippen LogP contribution in [-0.2, 0) is 0 Å². The van der Waals surface area contributed by atoms with Gasteiger partial charge in [0.25, 0.3) is 5.56 Å². The fraction of sp³-hybridized carbons (Fsp3) is 0.333. The van der Waals surface area contributed by atoms with Crippen LogP contribution in [0.1, 0.15) is 32.0 Å². The summed E-state index contributed by atoms with van der Waals surface area (Å²) in [6, 6.07) is 4.48. The summed E-state index contributed by atoms with van der Waals surface area (Å²) in [5.41, 5.74) is 0.0115. The van der Waals surface area contributed by atoms with Gasteiger partial charge in [-0.3, -0.25) is 4.79 Å².